The van der Waals surface area contributed by atoms with Gasteiger partial charge in [0.05, 0.1) is 26.2 Å². The van der Waals surface area contributed by atoms with Crippen LogP contribution in [0.2, 0.25) is 15.1 Å². The summed E-state index contributed by atoms with van der Waals surface area (Å²) in [6, 6.07) is 4.63. The molecule has 196 valence electrons. The van der Waals surface area contributed by atoms with Crippen LogP contribution in [-0.4, -0.2) is 43.4 Å². The molecule has 0 aliphatic carbocycles. The zero-order valence-electron chi connectivity index (χ0n) is 20.7. The molecule has 3 aromatic rings. The van der Waals surface area contributed by atoms with Gasteiger partial charge in [-0.2, -0.15) is 0 Å². The molecule has 3 heterocycles. The van der Waals surface area contributed by atoms with Gasteiger partial charge < -0.3 is 15.4 Å². The lowest BCUT2D eigenvalue weighted by molar-refractivity contribution is -0.111. The van der Waals surface area contributed by atoms with Gasteiger partial charge in [-0.1, -0.05) is 48.7 Å². The Kier molecular flexibility index (Phi) is 7.38. The van der Waals surface area contributed by atoms with Crippen LogP contribution in [0.5, 0.6) is 5.75 Å². The topological polar surface area (TPSA) is 124 Å². The van der Waals surface area contributed by atoms with Crippen molar-refractivity contribution >= 4 is 61.9 Å². The van der Waals surface area contributed by atoms with E-state index in [1.807, 2.05) is 4.90 Å². The highest BCUT2D eigenvalue weighted by molar-refractivity contribution is 7.90. The Morgan fingerprint density at radius 3 is 2.30 bits per heavy atom. The van der Waals surface area contributed by atoms with Gasteiger partial charge in [0, 0.05) is 49.2 Å². The third-order valence-corrected chi connectivity index (χ3v) is 8.07. The molecule has 8 nitrogen and oxygen atoms in total. The maximum atomic E-state index is 12.6. The van der Waals surface area contributed by atoms with Crippen LogP contribution in [0.3, 0.4) is 0 Å². The Morgan fingerprint density at radius 2 is 1.73 bits per heavy atom. The highest BCUT2D eigenvalue weighted by Gasteiger charge is 2.37. The summed E-state index contributed by atoms with van der Waals surface area (Å²) in [5.74, 6) is 0.701. The Bertz CT molecular complexity index is 1480. The number of sulfone groups is 1. The average Bonchev–Trinajstić information content (AvgIpc) is 2.77. The second-order valence-corrected chi connectivity index (χ2v) is 13.1. The van der Waals surface area contributed by atoms with Crippen LogP contribution >= 0.6 is 34.8 Å². The van der Waals surface area contributed by atoms with Gasteiger partial charge in [-0.05, 0) is 30.5 Å². The molecule has 37 heavy (non-hydrogen) atoms. The van der Waals surface area contributed by atoms with Crippen molar-refractivity contribution in [3.05, 3.63) is 68.5 Å². The first kappa shape index (κ1) is 27.4. The van der Waals surface area contributed by atoms with Crippen molar-refractivity contribution < 1.29 is 18.6 Å². The standard InChI is InChI=1S/C25H26Cl3N5O3S/c1-13(22-17(27)9-31-10-18(22)28)36-20-6-15(19(29)7-16(20)26)23(30)14-5-21(37(4,34)35)24(32-8-14)33-11-25(2,3)12-33/h5-10,13,30H,11-12,29H2,1-4H3/p+1/t13-/m1/s1. The Morgan fingerprint density at radius 1 is 1.11 bits per heavy atom. The molecule has 4 rings (SSSR count). The molecule has 0 radical (unpaired) electrons. The van der Waals surface area contributed by atoms with Crippen LogP contribution in [0.1, 0.15) is 43.6 Å². The number of rotatable bonds is 7. The fourth-order valence-electron chi connectivity index (χ4n) is 4.34. The molecule has 0 bridgehead atoms. The number of nitrogens with two attached hydrogens (primary N) is 2. The van der Waals surface area contributed by atoms with Gasteiger partial charge in [-0.15, -0.1) is 0 Å². The number of aromatic nitrogens is 2. The number of halogens is 3. The zero-order valence-corrected chi connectivity index (χ0v) is 23.8. The van der Waals surface area contributed by atoms with Gasteiger partial charge in [0.15, 0.2) is 9.84 Å². The summed E-state index contributed by atoms with van der Waals surface area (Å²) in [4.78, 5) is 10.5. The fraction of sp³-hybridized carbons (Fsp3) is 0.320. The quantitative estimate of drug-likeness (QED) is 0.318. The number of ether oxygens (including phenoxy) is 1. The van der Waals surface area contributed by atoms with Crippen molar-refractivity contribution in [1.29, 1.82) is 0 Å². The first-order valence-corrected chi connectivity index (χ1v) is 14.3. The van der Waals surface area contributed by atoms with Gasteiger partial charge in [0.1, 0.15) is 22.6 Å². The van der Waals surface area contributed by atoms with Crippen molar-refractivity contribution in [3.63, 3.8) is 0 Å². The summed E-state index contributed by atoms with van der Waals surface area (Å²) >= 11 is 19.0. The molecule has 1 saturated heterocycles. The van der Waals surface area contributed by atoms with E-state index < -0.39 is 15.9 Å². The molecular weight excluding hydrogens is 557 g/mol. The van der Waals surface area contributed by atoms with Crippen LogP contribution in [-0.2, 0) is 9.84 Å². The van der Waals surface area contributed by atoms with Crippen LogP contribution in [0.25, 0.3) is 0 Å². The van der Waals surface area contributed by atoms with E-state index in [-0.39, 0.29) is 26.7 Å². The van der Waals surface area contributed by atoms with Gasteiger partial charge in [-0.3, -0.25) is 10.4 Å². The smallest absolute Gasteiger partial charge is 0.215 e. The molecule has 1 aromatic carbocycles. The molecule has 0 unspecified atom stereocenters. The van der Waals surface area contributed by atoms with Gasteiger partial charge in [0.2, 0.25) is 5.71 Å². The fourth-order valence-corrected chi connectivity index (χ4v) is 6.08. The highest BCUT2D eigenvalue weighted by Crippen LogP contribution is 2.38. The summed E-state index contributed by atoms with van der Waals surface area (Å²) in [5, 5.41) is 7.45. The minimum Gasteiger partial charge on any atom is -0.484 e. The molecule has 12 heteroatoms. The van der Waals surface area contributed by atoms with Gasteiger partial charge in [0.25, 0.3) is 0 Å². The second-order valence-electron chi connectivity index (χ2n) is 9.90. The first-order chi connectivity index (χ1) is 17.2. The predicted octanol–water partition coefficient (Wildman–Crippen LogP) is 4.01. The maximum Gasteiger partial charge on any atom is 0.215 e. The normalized spacial score (nSPS) is 15.7. The lowest BCUT2D eigenvalue weighted by Crippen LogP contribution is -2.53. The molecule has 4 N–H and O–H groups in total. The van der Waals surface area contributed by atoms with Crippen molar-refractivity contribution in [1.82, 2.24) is 9.97 Å². The number of nitrogens with zero attached hydrogens (tertiary/aromatic N) is 3. The van der Waals surface area contributed by atoms with Crippen LogP contribution in [0.15, 0.2) is 41.7 Å². The molecule has 1 aliphatic heterocycles. The van der Waals surface area contributed by atoms with Crippen molar-refractivity contribution in [2.45, 2.75) is 31.8 Å². The number of pyridine rings is 2. The van der Waals surface area contributed by atoms with Crippen LogP contribution in [0.4, 0.5) is 11.5 Å². The third kappa shape index (κ3) is 5.65. The van der Waals surface area contributed by atoms with Gasteiger partial charge in [-0.25, -0.2) is 13.4 Å². The predicted molar refractivity (Wildman–Crippen MR) is 148 cm³/mol. The van der Waals surface area contributed by atoms with Gasteiger partial charge >= 0.3 is 0 Å². The van der Waals surface area contributed by atoms with Crippen molar-refractivity contribution in [2.24, 2.45) is 5.41 Å². The Labute approximate surface area is 231 Å². The minimum atomic E-state index is -3.59. The van der Waals surface area contributed by atoms with E-state index in [9.17, 15) is 8.42 Å². The third-order valence-electron chi connectivity index (χ3n) is 6.08. The van der Waals surface area contributed by atoms with E-state index in [1.54, 1.807) is 19.2 Å². The monoisotopic (exact) mass is 582 g/mol. The lowest BCUT2D eigenvalue weighted by Gasteiger charge is -2.47. The molecular formula is C25H27Cl3N5O3S+. The summed E-state index contributed by atoms with van der Waals surface area (Å²) < 4.78 is 31.4. The van der Waals surface area contributed by atoms with Crippen LogP contribution < -0.4 is 20.8 Å². The second kappa shape index (κ2) is 9.94. The first-order valence-electron chi connectivity index (χ1n) is 11.3. The molecule has 0 saturated carbocycles. The number of anilines is 2. The summed E-state index contributed by atoms with van der Waals surface area (Å²) in [6.45, 7) is 7.41. The van der Waals surface area contributed by atoms with E-state index >= 15 is 0 Å². The molecule has 2 aromatic heterocycles. The van der Waals surface area contributed by atoms with E-state index in [2.05, 4.69) is 23.8 Å². The van der Waals surface area contributed by atoms with E-state index in [0.29, 0.717) is 51.4 Å². The maximum absolute atomic E-state index is 12.6. The number of benzene rings is 1. The molecule has 0 spiro atoms. The van der Waals surface area contributed by atoms with E-state index in [1.165, 1.54) is 24.5 Å². The number of nitrogen functional groups attached to an aromatic ring is 1. The van der Waals surface area contributed by atoms with Crippen molar-refractivity contribution in [3.8, 4) is 5.75 Å². The SMILES string of the molecule is C[C@@H](Oc1cc(C(=[NH2+])c2cnc(N3CC(C)(C)C3)c(S(C)(=O)=O)c2)c(N)cc1Cl)c1c(Cl)cncc1Cl. The molecule has 0 amide bonds. The highest BCUT2D eigenvalue weighted by atomic mass is 35.5. The summed E-state index contributed by atoms with van der Waals surface area (Å²) in [5.41, 5.74) is 8.21. The average molecular weight is 584 g/mol. The molecule has 1 aliphatic rings. The van der Waals surface area contributed by atoms with E-state index in [4.69, 9.17) is 50.7 Å². The molecule has 1 atom stereocenters. The zero-order chi connectivity index (χ0) is 27.3. The number of hydrogen-bond acceptors (Lipinski definition) is 7. The largest absolute Gasteiger partial charge is 0.484 e. The Balaban J connectivity index is 1.69. The van der Waals surface area contributed by atoms with Crippen molar-refractivity contribution in [2.75, 3.05) is 30.0 Å². The summed E-state index contributed by atoms with van der Waals surface area (Å²) in [6.07, 6.45) is 5.07. The molecule has 1 fully saturated rings. The Hall–Kier alpha value is -2.59. The lowest BCUT2D eigenvalue weighted by atomic mass is 9.84. The summed E-state index contributed by atoms with van der Waals surface area (Å²) in [7, 11) is -3.59. The van der Waals surface area contributed by atoms with E-state index in [0.717, 1.165) is 6.26 Å². The minimum absolute atomic E-state index is 0.0935. The number of hydrogen-bond donors (Lipinski definition) is 2. The van der Waals surface area contributed by atoms with Crippen LogP contribution in [0, 0.1) is 5.41 Å².